The van der Waals surface area contributed by atoms with Crippen LogP contribution >= 0.6 is 12.4 Å². The molecule has 0 aliphatic carbocycles. The molecule has 3 aromatic heterocycles. The van der Waals surface area contributed by atoms with E-state index in [1.54, 1.807) is 18.5 Å². The third-order valence-corrected chi connectivity index (χ3v) is 4.80. The molecule has 2 aromatic carbocycles. The molecule has 5 rings (SSSR count). The number of H-pyrrole nitrogens is 1. The van der Waals surface area contributed by atoms with E-state index >= 15 is 0 Å². The van der Waals surface area contributed by atoms with Crippen molar-refractivity contribution < 1.29 is 4.39 Å². The van der Waals surface area contributed by atoms with E-state index in [9.17, 15) is 4.39 Å². The summed E-state index contributed by atoms with van der Waals surface area (Å²) in [5.41, 5.74) is 4.06. The van der Waals surface area contributed by atoms with Gasteiger partial charge in [-0.25, -0.2) is 24.3 Å². The number of rotatable bonds is 4. The van der Waals surface area contributed by atoms with Crippen LogP contribution < -0.4 is 5.32 Å². The molecule has 150 valence electrons. The second-order valence-corrected chi connectivity index (χ2v) is 6.74. The Kier molecular flexibility index (Phi) is 5.24. The fraction of sp³-hybridized carbons (Fsp3) is 0.0952. The van der Waals surface area contributed by atoms with Crippen molar-refractivity contribution >= 4 is 40.3 Å². The van der Waals surface area contributed by atoms with Crippen LogP contribution in [-0.4, -0.2) is 30.1 Å². The molecular formula is C21H17ClFN7. The molecular weight excluding hydrogens is 405 g/mol. The van der Waals surface area contributed by atoms with Crippen molar-refractivity contribution in [2.45, 2.75) is 13.0 Å². The number of hydrogen-bond acceptors (Lipinski definition) is 6. The van der Waals surface area contributed by atoms with Crippen LogP contribution in [0.5, 0.6) is 0 Å². The zero-order chi connectivity index (χ0) is 19.8. The van der Waals surface area contributed by atoms with Gasteiger partial charge in [0, 0.05) is 17.1 Å². The molecule has 9 heteroatoms. The topological polar surface area (TPSA) is 92.3 Å². The highest BCUT2D eigenvalue weighted by Gasteiger charge is 2.11. The van der Waals surface area contributed by atoms with Gasteiger partial charge in [0.25, 0.3) is 0 Å². The molecule has 5 aromatic rings. The van der Waals surface area contributed by atoms with Crippen molar-refractivity contribution in [3.8, 4) is 11.3 Å². The SMILES string of the molecule is CC(Nc1ncc2cc(-c3ncnc4[nH]ncc34)ccc2n1)c1cccc(F)c1.Cl. The maximum atomic E-state index is 13.5. The summed E-state index contributed by atoms with van der Waals surface area (Å²) in [5, 5.41) is 11.9. The first-order valence-corrected chi connectivity index (χ1v) is 9.10. The second-order valence-electron chi connectivity index (χ2n) is 6.74. The molecule has 0 fully saturated rings. The average Bonchev–Trinajstić information content (AvgIpc) is 3.22. The number of benzene rings is 2. The summed E-state index contributed by atoms with van der Waals surface area (Å²) in [6, 6.07) is 12.2. The highest BCUT2D eigenvalue weighted by molar-refractivity contribution is 5.93. The van der Waals surface area contributed by atoms with E-state index in [-0.39, 0.29) is 24.3 Å². The fourth-order valence-corrected chi connectivity index (χ4v) is 3.30. The zero-order valence-corrected chi connectivity index (χ0v) is 16.7. The standard InChI is InChI=1S/C21H16FN7.ClH/c1-12(13-3-2-4-16(22)8-13)27-21-23-9-15-7-14(5-6-18(15)28-21)19-17-10-26-29-20(17)25-11-24-19;/h2-12H,1H3,(H,23,27,28)(H,24,25,26,29);1H. The van der Waals surface area contributed by atoms with Crippen LogP contribution in [0.2, 0.25) is 0 Å². The first kappa shape index (κ1) is 19.7. The van der Waals surface area contributed by atoms with E-state index in [4.69, 9.17) is 0 Å². The molecule has 30 heavy (non-hydrogen) atoms. The van der Waals surface area contributed by atoms with Crippen LogP contribution in [0.4, 0.5) is 10.3 Å². The summed E-state index contributed by atoms with van der Waals surface area (Å²) in [6.07, 6.45) is 4.99. The van der Waals surface area contributed by atoms with Crippen LogP contribution in [0.1, 0.15) is 18.5 Å². The van der Waals surface area contributed by atoms with Gasteiger partial charge < -0.3 is 5.32 Å². The quantitative estimate of drug-likeness (QED) is 0.437. The molecule has 0 saturated carbocycles. The minimum absolute atomic E-state index is 0. The first-order chi connectivity index (χ1) is 14.2. The number of aromatic nitrogens is 6. The van der Waals surface area contributed by atoms with E-state index in [0.29, 0.717) is 11.6 Å². The summed E-state index contributed by atoms with van der Waals surface area (Å²) >= 11 is 0. The molecule has 1 atom stereocenters. The van der Waals surface area contributed by atoms with Crippen LogP contribution in [0, 0.1) is 5.82 Å². The smallest absolute Gasteiger partial charge is 0.223 e. The molecule has 0 bridgehead atoms. The van der Waals surface area contributed by atoms with Crippen LogP contribution in [0.15, 0.2) is 61.2 Å². The van der Waals surface area contributed by atoms with Gasteiger partial charge >= 0.3 is 0 Å². The third kappa shape index (κ3) is 3.65. The predicted molar refractivity (Wildman–Crippen MR) is 116 cm³/mol. The van der Waals surface area contributed by atoms with Gasteiger partial charge in [0.05, 0.1) is 28.8 Å². The highest BCUT2D eigenvalue weighted by Crippen LogP contribution is 2.27. The lowest BCUT2D eigenvalue weighted by Gasteiger charge is -2.14. The van der Waals surface area contributed by atoms with Crippen molar-refractivity contribution in [3.63, 3.8) is 0 Å². The number of aromatic amines is 1. The minimum atomic E-state index is -0.264. The van der Waals surface area contributed by atoms with Gasteiger partial charge in [-0.3, -0.25) is 5.10 Å². The molecule has 0 aliphatic heterocycles. The fourth-order valence-electron chi connectivity index (χ4n) is 3.30. The van der Waals surface area contributed by atoms with Gasteiger partial charge in [-0.2, -0.15) is 5.10 Å². The van der Waals surface area contributed by atoms with Crippen molar-refractivity contribution in [2.24, 2.45) is 0 Å². The van der Waals surface area contributed by atoms with E-state index in [2.05, 4.69) is 35.5 Å². The third-order valence-electron chi connectivity index (χ3n) is 4.80. The number of nitrogens with zero attached hydrogens (tertiary/aromatic N) is 5. The molecule has 1 unspecified atom stereocenters. The summed E-state index contributed by atoms with van der Waals surface area (Å²) < 4.78 is 13.5. The molecule has 0 saturated heterocycles. The van der Waals surface area contributed by atoms with Gasteiger partial charge in [0.15, 0.2) is 5.65 Å². The Morgan fingerprint density at radius 1 is 1.03 bits per heavy atom. The van der Waals surface area contributed by atoms with Crippen LogP contribution in [0.25, 0.3) is 33.2 Å². The number of anilines is 1. The molecule has 3 heterocycles. The first-order valence-electron chi connectivity index (χ1n) is 9.10. The lowest BCUT2D eigenvalue weighted by molar-refractivity contribution is 0.623. The summed E-state index contributed by atoms with van der Waals surface area (Å²) in [7, 11) is 0. The van der Waals surface area contributed by atoms with Crippen molar-refractivity contribution in [1.82, 2.24) is 30.1 Å². The van der Waals surface area contributed by atoms with E-state index in [1.807, 2.05) is 31.2 Å². The van der Waals surface area contributed by atoms with E-state index in [0.717, 1.165) is 33.1 Å². The second kappa shape index (κ2) is 8.00. The van der Waals surface area contributed by atoms with Gasteiger partial charge in [-0.05, 0) is 36.8 Å². The molecule has 0 spiro atoms. The maximum absolute atomic E-state index is 13.5. The average molecular weight is 422 g/mol. The van der Waals surface area contributed by atoms with Gasteiger partial charge in [-0.1, -0.05) is 18.2 Å². The number of halogens is 2. The normalized spacial score (nSPS) is 11.9. The Morgan fingerprint density at radius 3 is 2.80 bits per heavy atom. The van der Waals surface area contributed by atoms with Gasteiger partial charge in [0.1, 0.15) is 12.1 Å². The Bertz CT molecular complexity index is 1340. The number of hydrogen-bond donors (Lipinski definition) is 2. The Hall–Kier alpha value is -3.65. The molecule has 0 aliphatic rings. The van der Waals surface area contributed by atoms with Crippen molar-refractivity contribution in [2.75, 3.05) is 5.32 Å². The Labute approximate surface area is 177 Å². The minimum Gasteiger partial charge on any atom is -0.348 e. The largest absolute Gasteiger partial charge is 0.348 e. The monoisotopic (exact) mass is 421 g/mol. The van der Waals surface area contributed by atoms with Crippen molar-refractivity contribution in [3.05, 3.63) is 72.6 Å². The predicted octanol–water partition coefficient (Wildman–Crippen LogP) is 4.70. The number of nitrogens with one attached hydrogen (secondary N) is 2. The van der Waals surface area contributed by atoms with Crippen LogP contribution in [0.3, 0.4) is 0 Å². The number of fused-ring (bicyclic) bond motifs is 2. The summed E-state index contributed by atoms with van der Waals surface area (Å²) in [5.74, 6) is 0.223. The van der Waals surface area contributed by atoms with Gasteiger partial charge in [0.2, 0.25) is 5.95 Å². The van der Waals surface area contributed by atoms with E-state index < -0.39 is 0 Å². The molecule has 0 amide bonds. The van der Waals surface area contributed by atoms with E-state index in [1.165, 1.54) is 18.5 Å². The lowest BCUT2D eigenvalue weighted by atomic mass is 10.1. The van der Waals surface area contributed by atoms with Crippen molar-refractivity contribution in [1.29, 1.82) is 0 Å². The molecule has 2 N–H and O–H groups in total. The molecule has 0 radical (unpaired) electrons. The summed E-state index contributed by atoms with van der Waals surface area (Å²) in [4.78, 5) is 17.6. The van der Waals surface area contributed by atoms with Gasteiger partial charge in [-0.15, -0.1) is 12.4 Å². The summed E-state index contributed by atoms with van der Waals surface area (Å²) in [6.45, 7) is 1.94. The lowest BCUT2D eigenvalue weighted by Crippen LogP contribution is -2.09. The Morgan fingerprint density at radius 2 is 1.93 bits per heavy atom. The van der Waals surface area contributed by atoms with Crippen LogP contribution in [-0.2, 0) is 0 Å². The highest BCUT2D eigenvalue weighted by atomic mass is 35.5. The Balaban J connectivity index is 0.00000218. The zero-order valence-electron chi connectivity index (χ0n) is 15.9. The molecule has 7 nitrogen and oxygen atoms in total. The maximum Gasteiger partial charge on any atom is 0.223 e.